The molecule has 0 aliphatic carbocycles. The molecule has 3 rings (SSSR count). The van der Waals surface area contributed by atoms with E-state index in [0.717, 1.165) is 11.6 Å². The minimum Gasteiger partial charge on any atom is -0.478 e. The van der Waals surface area contributed by atoms with Crippen molar-refractivity contribution in [1.82, 2.24) is 10.2 Å². The number of aromatic amines is 1. The van der Waals surface area contributed by atoms with Crippen molar-refractivity contribution in [1.29, 1.82) is 0 Å². The lowest BCUT2D eigenvalue weighted by molar-refractivity contribution is 0.0697. The summed E-state index contributed by atoms with van der Waals surface area (Å²) in [6.45, 7) is 1.91. The number of carbonyl (C=O) groups is 2. The first-order valence-corrected chi connectivity index (χ1v) is 9.75. The summed E-state index contributed by atoms with van der Waals surface area (Å²) in [4.78, 5) is 24.2. The summed E-state index contributed by atoms with van der Waals surface area (Å²) in [6.07, 6.45) is -0.283. The number of benzene rings is 2. The van der Waals surface area contributed by atoms with E-state index in [4.69, 9.17) is 5.14 Å². The number of hydrogen-bond acceptors (Lipinski definition) is 5. The molecule has 0 fully saturated rings. The molecular formula is C19H17N3O5S. The first kappa shape index (κ1) is 19.5. The van der Waals surface area contributed by atoms with Crippen LogP contribution in [-0.2, 0) is 16.4 Å². The number of carboxylic acid groups (broad SMARTS) is 1. The molecule has 8 nitrogen and oxygen atoms in total. The Morgan fingerprint density at radius 1 is 1.14 bits per heavy atom. The molecular weight excluding hydrogens is 382 g/mol. The van der Waals surface area contributed by atoms with Crippen LogP contribution in [0.4, 0.5) is 0 Å². The third kappa shape index (κ3) is 4.00. The van der Waals surface area contributed by atoms with Crippen molar-refractivity contribution in [3.8, 4) is 11.3 Å². The highest BCUT2D eigenvalue weighted by Gasteiger charge is 2.23. The molecule has 1 aromatic heterocycles. The Hall–Kier alpha value is -3.30. The molecule has 0 spiro atoms. The number of hydrogen-bond donors (Lipinski definition) is 3. The highest BCUT2D eigenvalue weighted by atomic mass is 32.2. The first-order valence-electron chi connectivity index (χ1n) is 8.20. The van der Waals surface area contributed by atoms with Crippen molar-refractivity contribution < 1.29 is 23.1 Å². The van der Waals surface area contributed by atoms with E-state index in [9.17, 15) is 23.1 Å². The van der Waals surface area contributed by atoms with Crippen LogP contribution >= 0.6 is 0 Å². The van der Waals surface area contributed by atoms with Crippen LogP contribution in [0.2, 0.25) is 0 Å². The number of nitrogens with one attached hydrogen (secondary N) is 1. The normalized spacial score (nSPS) is 11.4. The fraction of sp³-hybridized carbons (Fsp3) is 0.105. The molecule has 4 N–H and O–H groups in total. The summed E-state index contributed by atoms with van der Waals surface area (Å²) in [5, 5.41) is 21.4. The summed E-state index contributed by atoms with van der Waals surface area (Å²) in [5.41, 5.74) is 1.99. The Labute approximate surface area is 161 Å². The zero-order valence-electron chi connectivity index (χ0n) is 14.8. The van der Waals surface area contributed by atoms with Crippen LogP contribution in [-0.4, -0.2) is 35.5 Å². The Bertz CT molecular complexity index is 1160. The molecule has 0 saturated heterocycles. The van der Waals surface area contributed by atoms with Gasteiger partial charge in [0.2, 0.25) is 10.0 Å². The highest BCUT2D eigenvalue weighted by Crippen LogP contribution is 2.25. The van der Waals surface area contributed by atoms with Gasteiger partial charge in [-0.1, -0.05) is 42.0 Å². The molecule has 28 heavy (non-hydrogen) atoms. The zero-order chi connectivity index (χ0) is 20.5. The van der Waals surface area contributed by atoms with Crippen molar-refractivity contribution in [2.75, 3.05) is 0 Å². The van der Waals surface area contributed by atoms with Gasteiger partial charge < -0.3 is 5.11 Å². The Balaban J connectivity index is 1.96. The number of aryl methyl sites for hydroxylation is 1. The van der Waals surface area contributed by atoms with Crippen molar-refractivity contribution in [2.24, 2.45) is 5.14 Å². The maximum absolute atomic E-state index is 12.6. The topological polar surface area (TPSA) is 143 Å². The maximum Gasteiger partial charge on any atom is 0.339 e. The zero-order valence-corrected chi connectivity index (χ0v) is 15.7. The van der Waals surface area contributed by atoms with E-state index in [1.165, 1.54) is 18.2 Å². The summed E-state index contributed by atoms with van der Waals surface area (Å²) in [7, 11) is -3.96. The Morgan fingerprint density at radius 3 is 2.43 bits per heavy atom. The first-order chi connectivity index (χ1) is 13.2. The average Bonchev–Trinajstić information content (AvgIpc) is 3.05. The van der Waals surface area contributed by atoms with Crippen LogP contribution in [0.15, 0.2) is 53.4 Å². The predicted octanol–water partition coefficient (Wildman–Crippen LogP) is 2.16. The van der Waals surface area contributed by atoms with E-state index in [0.29, 0.717) is 5.56 Å². The van der Waals surface area contributed by atoms with E-state index in [1.54, 1.807) is 12.1 Å². The SMILES string of the molecule is Cc1ccc(-c2n[nH]c(CC(=O)c3cccc(S(N)(=O)=O)c3)c2C(=O)O)cc1. The van der Waals surface area contributed by atoms with Gasteiger partial charge in [-0.15, -0.1) is 0 Å². The molecule has 0 aliphatic rings. The van der Waals surface area contributed by atoms with Gasteiger partial charge in [0.25, 0.3) is 0 Å². The van der Waals surface area contributed by atoms with Crippen LogP contribution < -0.4 is 5.14 Å². The van der Waals surface area contributed by atoms with Gasteiger partial charge in [0.15, 0.2) is 5.78 Å². The van der Waals surface area contributed by atoms with E-state index in [1.807, 2.05) is 19.1 Å². The largest absolute Gasteiger partial charge is 0.478 e. The molecule has 0 amide bonds. The van der Waals surface area contributed by atoms with E-state index in [2.05, 4.69) is 10.2 Å². The molecule has 3 aromatic rings. The lowest BCUT2D eigenvalue weighted by Crippen LogP contribution is -2.14. The third-order valence-electron chi connectivity index (χ3n) is 4.20. The number of aromatic nitrogens is 2. The lowest BCUT2D eigenvalue weighted by Gasteiger charge is -2.04. The molecule has 2 aromatic carbocycles. The minimum absolute atomic E-state index is 0.0974. The standard InChI is InChI=1S/C19H17N3O5S/c1-11-5-7-12(8-6-11)18-17(19(24)25)15(21-22-18)10-16(23)13-3-2-4-14(9-13)28(20,26)27/h2-9H,10H2,1H3,(H,21,22)(H,24,25)(H2,20,26,27). The summed E-state index contributed by atoms with van der Waals surface area (Å²) >= 11 is 0. The summed E-state index contributed by atoms with van der Waals surface area (Å²) in [6, 6.07) is 12.4. The quantitative estimate of drug-likeness (QED) is 0.542. The molecule has 1 heterocycles. The number of rotatable bonds is 6. The average molecular weight is 399 g/mol. The van der Waals surface area contributed by atoms with Crippen LogP contribution in [0.5, 0.6) is 0 Å². The van der Waals surface area contributed by atoms with Crippen molar-refractivity contribution in [2.45, 2.75) is 18.2 Å². The summed E-state index contributed by atoms with van der Waals surface area (Å²) in [5.74, 6) is -1.68. The second-order valence-electron chi connectivity index (χ2n) is 6.27. The number of Topliss-reactive ketones (excluding diaryl/α,β-unsaturated/α-hetero) is 1. The summed E-state index contributed by atoms with van der Waals surface area (Å²) < 4.78 is 22.9. The van der Waals surface area contributed by atoms with Gasteiger partial charge in [-0.25, -0.2) is 18.4 Å². The molecule has 0 unspecified atom stereocenters. The number of carboxylic acids is 1. The molecule has 144 valence electrons. The number of sulfonamides is 1. The number of carbonyl (C=O) groups excluding carboxylic acids is 1. The number of H-pyrrole nitrogens is 1. The molecule has 0 saturated carbocycles. The van der Waals surface area contributed by atoms with Gasteiger partial charge in [-0.05, 0) is 19.1 Å². The van der Waals surface area contributed by atoms with Gasteiger partial charge in [0.05, 0.1) is 17.0 Å². The second kappa shape index (κ2) is 7.37. The molecule has 0 radical (unpaired) electrons. The van der Waals surface area contributed by atoms with E-state index < -0.39 is 21.8 Å². The molecule has 0 bridgehead atoms. The lowest BCUT2D eigenvalue weighted by atomic mass is 10.0. The van der Waals surface area contributed by atoms with Crippen LogP contribution in [0.3, 0.4) is 0 Å². The monoisotopic (exact) mass is 399 g/mol. The number of primary sulfonamides is 1. The number of ketones is 1. The fourth-order valence-corrected chi connectivity index (χ4v) is 3.33. The number of nitrogens with zero attached hydrogens (tertiary/aromatic N) is 1. The fourth-order valence-electron chi connectivity index (χ4n) is 2.77. The van der Waals surface area contributed by atoms with E-state index in [-0.39, 0.29) is 33.8 Å². The Morgan fingerprint density at radius 2 is 1.82 bits per heavy atom. The third-order valence-corrected chi connectivity index (χ3v) is 5.11. The van der Waals surface area contributed by atoms with Gasteiger partial charge in [0, 0.05) is 11.1 Å². The van der Waals surface area contributed by atoms with Crippen molar-refractivity contribution >= 4 is 21.8 Å². The van der Waals surface area contributed by atoms with Crippen LogP contribution in [0.1, 0.15) is 32.0 Å². The van der Waals surface area contributed by atoms with Gasteiger partial charge >= 0.3 is 5.97 Å². The van der Waals surface area contributed by atoms with Crippen LogP contribution in [0, 0.1) is 6.92 Å². The van der Waals surface area contributed by atoms with Crippen molar-refractivity contribution in [3.63, 3.8) is 0 Å². The van der Waals surface area contributed by atoms with Crippen molar-refractivity contribution in [3.05, 3.63) is 70.9 Å². The van der Waals surface area contributed by atoms with Crippen LogP contribution in [0.25, 0.3) is 11.3 Å². The maximum atomic E-state index is 12.6. The van der Waals surface area contributed by atoms with Gasteiger partial charge in [-0.2, -0.15) is 5.10 Å². The highest BCUT2D eigenvalue weighted by molar-refractivity contribution is 7.89. The molecule has 0 aliphatic heterocycles. The second-order valence-corrected chi connectivity index (χ2v) is 7.83. The molecule has 0 atom stereocenters. The minimum atomic E-state index is -3.96. The molecule has 9 heteroatoms. The van der Waals surface area contributed by atoms with Gasteiger partial charge in [-0.3, -0.25) is 9.89 Å². The number of aromatic carboxylic acids is 1. The smallest absolute Gasteiger partial charge is 0.339 e. The number of nitrogens with two attached hydrogens (primary N) is 1. The van der Waals surface area contributed by atoms with Gasteiger partial charge in [0.1, 0.15) is 11.3 Å². The Kier molecular flexibility index (Phi) is 5.12. The predicted molar refractivity (Wildman–Crippen MR) is 102 cm³/mol. The van der Waals surface area contributed by atoms with E-state index >= 15 is 0 Å².